The molecule has 0 bridgehead atoms. The summed E-state index contributed by atoms with van der Waals surface area (Å²) in [5, 5.41) is 2.80. The van der Waals surface area contributed by atoms with Crippen molar-refractivity contribution >= 4 is 17.7 Å². The van der Waals surface area contributed by atoms with Gasteiger partial charge in [-0.15, -0.1) is 0 Å². The standard InChI is InChI=1S/C22H25NO4/c1-16(24)13-14-19(15-17-9-5-3-6-10-17)21(25)23-20(22(26)27-2)18-11-7-4-8-12-18/h3-12,19-20H,13-15H2,1-2H3,(H,23,25)/t19-,20+/m0/s1. The van der Waals surface area contributed by atoms with Crippen LogP contribution >= 0.6 is 0 Å². The lowest BCUT2D eigenvalue weighted by atomic mass is 9.92. The number of hydrogen-bond donors (Lipinski definition) is 1. The lowest BCUT2D eigenvalue weighted by Crippen LogP contribution is -2.39. The van der Waals surface area contributed by atoms with E-state index < -0.39 is 17.9 Å². The van der Waals surface area contributed by atoms with E-state index in [9.17, 15) is 14.4 Å². The van der Waals surface area contributed by atoms with Crippen molar-refractivity contribution in [1.82, 2.24) is 5.32 Å². The molecule has 0 heterocycles. The number of nitrogens with one attached hydrogen (secondary N) is 1. The normalized spacial score (nSPS) is 12.7. The van der Waals surface area contributed by atoms with Gasteiger partial charge in [-0.3, -0.25) is 4.79 Å². The maximum absolute atomic E-state index is 12.9. The summed E-state index contributed by atoms with van der Waals surface area (Å²) >= 11 is 0. The molecule has 2 atom stereocenters. The Hall–Kier alpha value is -2.95. The van der Waals surface area contributed by atoms with Crippen LogP contribution in [-0.2, 0) is 25.5 Å². The summed E-state index contributed by atoms with van der Waals surface area (Å²) in [7, 11) is 1.29. The molecule has 2 rings (SSSR count). The van der Waals surface area contributed by atoms with Crippen molar-refractivity contribution in [2.45, 2.75) is 32.2 Å². The lowest BCUT2D eigenvalue weighted by Gasteiger charge is -2.21. The zero-order valence-electron chi connectivity index (χ0n) is 15.7. The number of benzene rings is 2. The molecule has 5 heteroatoms. The Morgan fingerprint density at radius 2 is 1.56 bits per heavy atom. The molecule has 0 aliphatic heterocycles. The summed E-state index contributed by atoms with van der Waals surface area (Å²) in [5.74, 6) is -1.17. The van der Waals surface area contributed by atoms with Gasteiger partial charge < -0.3 is 14.8 Å². The third-order valence-electron chi connectivity index (χ3n) is 4.40. The van der Waals surface area contributed by atoms with Gasteiger partial charge >= 0.3 is 5.97 Å². The van der Waals surface area contributed by atoms with Gasteiger partial charge in [0.05, 0.1) is 7.11 Å². The van der Waals surface area contributed by atoms with Crippen LogP contribution in [0, 0.1) is 5.92 Å². The molecule has 2 aromatic rings. The first-order valence-electron chi connectivity index (χ1n) is 8.97. The fourth-order valence-corrected chi connectivity index (χ4v) is 2.90. The average Bonchev–Trinajstić information content (AvgIpc) is 2.69. The Morgan fingerprint density at radius 1 is 0.963 bits per heavy atom. The Kier molecular flexibility index (Phi) is 7.74. The van der Waals surface area contributed by atoms with Crippen molar-refractivity contribution in [3.63, 3.8) is 0 Å². The van der Waals surface area contributed by atoms with Crippen LogP contribution in [0.25, 0.3) is 0 Å². The topological polar surface area (TPSA) is 72.5 Å². The minimum atomic E-state index is -0.876. The van der Waals surface area contributed by atoms with Crippen LogP contribution < -0.4 is 5.32 Å². The van der Waals surface area contributed by atoms with Gasteiger partial charge in [-0.1, -0.05) is 60.7 Å². The molecule has 2 aromatic carbocycles. The molecule has 1 N–H and O–H groups in total. The molecule has 5 nitrogen and oxygen atoms in total. The molecule has 0 saturated heterocycles. The van der Waals surface area contributed by atoms with Gasteiger partial charge in [0, 0.05) is 12.3 Å². The van der Waals surface area contributed by atoms with Gasteiger partial charge in [0.1, 0.15) is 5.78 Å². The Morgan fingerprint density at radius 3 is 2.11 bits per heavy atom. The fourth-order valence-electron chi connectivity index (χ4n) is 2.90. The minimum absolute atomic E-state index is 0.0356. The number of amides is 1. The molecular weight excluding hydrogens is 342 g/mol. The summed E-state index contributed by atoms with van der Waals surface area (Å²) in [6, 6.07) is 17.7. The van der Waals surface area contributed by atoms with Crippen LogP contribution in [0.15, 0.2) is 60.7 Å². The quantitative estimate of drug-likeness (QED) is 0.691. The fraction of sp³-hybridized carbons (Fsp3) is 0.318. The minimum Gasteiger partial charge on any atom is -0.467 e. The predicted octanol–water partition coefficient (Wildman–Crippen LogP) is 3.25. The number of carbonyl (C=O) groups excluding carboxylic acids is 3. The number of esters is 1. The highest BCUT2D eigenvalue weighted by Crippen LogP contribution is 2.19. The first kappa shape index (κ1) is 20.4. The van der Waals surface area contributed by atoms with Gasteiger partial charge in [0.2, 0.25) is 5.91 Å². The summed E-state index contributed by atoms with van der Waals surface area (Å²) in [4.78, 5) is 36.6. The van der Waals surface area contributed by atoms with Gasteiger partial charge in [0.15, 0.2) is 6.04 Å². The third kappa shape index (κ3) is 6.37. The molecule has 0 fully saturated rings. The van der Waals surface area contributed by atoms with Gasteiger partial charge in [-0.05, 0) is 30.9 Å². The predicted molar refractivity (Wildman–Crippen MR) is 103 cm³/mol. The molecular formula is C22H25NO4. The van der Waals surface area contributed by atoms with E-state index >= 15 is 0 Å². The summed E-state index contributed by atoms with van der Waals surface area (Å²) < 4.78 is 4.86. The van der Waals surface area contributed by atoms with E-state index in [0.717, 1.165) is 5.56 Å². The lowest BCUT2D eigenvalue weighted by molar-refractivity contribution is -0.146. The molecule has 0 aliphatic rings. The highest BCUT2D eigenvalue weighted by atomic mass is 16.5. The van der Waals surface area contributed by atoms with E-state index in [0.29, 0.717) is 24.8 Å². The van der Waals surface area contributed by atoms with Crippen molar-refractivity contribution in [2.24, 2.45) is 5.92 Å². The molecule has 1 amide bonds. The van der Waals surface area contributed by atoms with Gasteiger partial charge in [-0.2, -0.15) is 0 Å². The molecule has 0 aromatic heterocycles. The van der Waals surface area contributed by atoms with E-state index in [2.05, 4.69) is 5.32 Å². The van der Waals surface area contributed by atoms with Crippen molar-refractivity contribution in [2.75, 3.05) is 7.11 Å². The van der Waals surface area contributed by atoms with Crippen molar-refractivity contribution in [1.29, 1.82) is 0 Å². The van der Waals surface area contributed by atoms with Crippen LogP contribution in [-0.4, -0.2) is 24.8 Å². The van der Waals surface area contributed by atoms with E-state index in [1.165, 1.54) is 14.0 Å². The first-order valence-corrected chi connectivity index (χ1v) is 8.97. The van der Waals surface area contributed by atoms with E-state index in [1.807, 2.05) is 36.4 Å². The van der Waals surface area contributed by atoms with Crippen LogP contribution in [0.2, 0.25) is 0 Å². The van der Waals surface area contributed by atoms with Crippen molar-refractivity contribution in [3.8, 4) is 0 Å². The SMILES string of the molecule is COC(=O)[C@H](NC(=O)[C@@H](CCC(C)=O)Cc1ccccc1)c1ccccc1. The van der Waals surface area contributed by atoms with Crippen molar-refractivity contribution in [3.05, 3.63) is 71.8 Å². The molecule has 27 heavy (non-hydrogen) atoms. The zero-order chi connectivity index (χ0) is 19.6. The maximum atomic E-state index is 12.9. The number of ether oxygens (including phenoxy) is 1. The smallest absolute Gasteiger partial charge is 0.333 e. The van der Waals surface area contributed by atoms with E-state index in [1.54, 1.807) is 24.3 Å². The number of ketones is 1. The summed E-state index contributed by atoms with van der Waals surface area (Å²) in [6.07, 6.45) is 1.25. The van der Waals surface area contributed by atoms with Crippen LogP contribution in [0.3, 0.4) is 0 Å². The molecule has 142 valence electrons. The number of hydrogen-bond acceptors (Lipinski definition) is 4. The van der Waals surface area contributed by atoms with Crippen LogP contribution in [0.4, 0.5) is 0 Å². The first-order chi connectivity index (χ1) is 13.0. The highest BCUT2D eigenvalue weighted by Gasteiger charge is 2.27. The number of rotatable bonds is 9. The second kappa shape index (κ2) is 10.3. The molecule has 0 radical (unpaired) electrons. The molecule has 0 aliphatic carbocycles. The molecule has 0 unspecified atom stereocenters. The molecule has 0 spiro atoms. The maximum Gasteiger partial charge on any atom is 0.333 e. The zero-order valence-corrected chi connectivity index (χ0v) is 15.7. The second-order valence-corrected chi connectivity index (χ2v) is 6.50. The number of methoxy groups -OCH3 is 1. The average molecular weight is 367 g/mol. The summed E-state index contributed by atoms with van der Waals surface area (Å²) in [5.41, 5.74) is 1.67. The van der Waals surface area contributed by atoms with Crippen molar-refractivity contribution < 1.29 is 19.1 Å². The Bertz CT molecular complexity index is 758. The summed E-state index contributed by atoms with van der Waals surface area (Å²) in [6.45, 7) is 1.51. The second-order valence-electron chi connectivity index (χ2n) is 6.50. The largest absolute Gasteiger partial charge is 0.467 e. The van der Waals surface area contributed by atoms with Gasteiger partial charge in [-0.25, -0.2) is 4.79 Å². The number of Topliss-reactive ketones (excluding diaryl/α,β-unsaturated/α-hetero) is 1. The van der Waals surface area contributed by atoms with Crippen LogP contribution in [0.1, 0.15) is 36.9 Å². The third-order valence-corrected chi connectivity index (χ3v) is 4.40. The van der Waals surface area contributed by atoms with E-state index in [4.69, 9.17) is 4.74 Å². The number of carbonyl (C=O) groups is 3. The van der Waals surface area contributed by atoms with Crippen LogP contribution in [0.5, 0.6) is 0 Å². The Labute approximate surface area is 159 Å². The molecule has 0 saturated carbocycles. The monoisotopic (exact) mass is 367 g/mol. The van der Waals surface area contributed by atoms with Gasteiger partial charge in [0.25, 0.3) is 0 Å². The highest BCUT2D eigenvalue weighted by molar-refractivity contribution is 5.87. The Balaban J connectivity index is 2.18. The van der Waals surface area contributed by atoms with E-state index in [-0.39, 0.29) is 11.7 Å².